The van der Waals surface area contributed by atoms with E-state index in [4.69, 9.17) is 5.73 Å². The van der Waals surface area contributed by atoms with Crippen molar-refractivity contribution in [3.05, 3.63) is 18.0 Å². The van der Waals surface area contributed by atoms with Gasteiger partial charge in [-0.25, -0.2) is 0 Å². The second kappa shape index (κ2) is 4.02. The van der Waals surface area contributed by atoms with Gasteiger partial charge >= 0.3 is 0 Å². The minimum atomic E-state index is -0.147. The molecular weight excluding hydrogens is 192 g/mol. The maximum atomic E-state index is 11.6. The molecule has 1 unspecified atom stereocenters. The Morgan fingerprint density at radius 3 is 3.07 bits per heavy atom. The Labute approximate surface area is 88.6 Å². The number of aromatic nitrogens is 2. The maximum absolute atomic E-state index is 11.6. The van der Waals surface area contributed by atoms with Crippen LogP contribution in [0.25, 0.3) is 0 Å². The van der Waals surface area contributed by atoms with Crippen molar-refractivity contribution in [1.29, 1.82) is 0 Å². The Hall–Kier alpha value is -1.36. The summed E-state index contributed by atoms with van der Waals surface area (Å²) >= 11 is 0. The molecule has 0 radical (unpaired) electrons. The zero-order chi connectivity index (χ0) is 10.8. The van der Waals surface area contributed by atoms with Gasteiger partial charge in [0.1, 0.15) is 5.69 Å². The zero-order valence-electron chi connectivity index (χ0n) is 8.81. The van der Waals surface area contributed by atoms with Crippen molar-refractivity contribution in [2.45, 2.75) is 18.9 Å². The van der Waals surface area contributed by atoms with E-state index in [0.29, 0.717) is 18.2 Å². The molecule has 0 aliphatic heterocycles. The van der Waals surface area contributed by atoms with E-state index in [9.17, 15) is 4.79 Å². The summed E-state index contributed by atoms with van der Waals surface area (Å²) in [5.74, 6) is 0.459. The number of carbonyl (C=O) groups excluding carboxylic acids is 1. The highest BCUT2D eigenvalue weighted by Gasteiger charge is 2.28. The number of aryl methyl sites for hydroxylation is 1. The number of nitrogens with one attached hydrogen (secondary N) is 1. The van der Waals surface area contributed by atoms with Gasteiger partial charge in [0.15, 0.2) is 0 Å². The van der Waals surface area contributed by atoms with Crippen molar-refractivity contribution >= 4 is 5.91 Å². The molecule has 1 aliphatic carbocycles. The molecule has 82 valence electrons. The lowest BCUT2D eigenvalue weighted by Gasteiger charge is -2.10. The average molecular weight is 208 g/mol. The molecule has 0 saturated heterocycles. The summed E-state index contributed by atoms with van der Waals surface area (Å²) in [4.78, 5) is 11.6. The van der Waals surface area contributed by atoms with Crippen LogP contribution in [0.15, 0.2) is 12.3 Å². The molecule has 15 heavy (non-hydrogen) atoms. The van der Waals surface area contributed by atoms with Crippen molar-refractivity contribution in [3.63, 3.8) is 0 Å². The van der Waals surface area contributed by atoms with Gasteiger partial charge in [-0.2, -0.15) is 5.10 Å². The summed E-state index contributed by atoms with van der Waals surface area (Å²) in [7, 11) is 1.78. The number of nitrogens with zero attached hydrogens (tertiary/aromatic N) is 2. The van der Waals surface area contributed by atoms with Crippen molar-refractivity contribution in [2.75, 3.05) is 6.54 Å². The zero-order valence-corrected chi connectivity index (χ0v) is 8.81. The topological polar surface area (TPSA) is 72.9 Å². The summed E-state index contributed by atoms with van der Waals surface area (Å²) in [5, 5.41) is 6.81. The molecule has 1 aromatic heterocycles. The summed E-state index contributed by atoms with van der Waals surface area (Å²) in [5.41, 5.74) is 6.32. The first kappa shape index (κ1) is 10.2. The number of rotatable bonds is 4. The highest BCUT2D eigenvalue weighted by atomic mass is 16.1. The average Bonchev–Trinajstić information content (AvgIpc) is 2.97. The van der Waals surface area contributed by atoms with Crippen LogP contribution in [0, 0.1) is 5.92 Å². The Morgan fingerprint density at radius 1 is 1.80 bits per heavy atom. The van der Waals surface area contributed by atoms with Gasteiger partial charge in [0, 0.05) is 25.8 Å². The largest absolute Gasteiger partial charge is 0.349 e. The molecule has 3 N–H and O–H groups in total. The van der Waals surface area contributed by atoms with E-state index in [2.05, 4.69) is 10.4 Å². The fourth-order valence-electron chi connectivity index (χ4n) is 1.53. The van der Waals surface area contributed by atoms with E-state index in [1.54, 1.807) is 24.0 Å². The number of carbonyl (C=O) groups is 1. The third kappa shape index (κ3) is 2.56. The van der Waals surface area contributed by atoms with Gasteiger partial charge < -0.3 is 11.1 Å². The Balaban J connectivity index is 1.81. The lowest BCUT2D eigenvalue weighted by atomic mass is 10.2. The molecule has 1 saturated carbocycles. The van der Waals surface area contributed by atoms with Crippen LogP contribution in [0.1, 0.15) is 23.3 Å². The molecule has 1 atom stereocenters. The molecule has 1 fully saturated rings. The molecule has 1 aliphatic rings. The van der Waals surface area contributed by atoms with Gasteiger partial charge in [0.05, 0.1) is 0 Å². The van der Waals surface area contributed by atoms with Crippen molar-refractivity contribution in [3.8, 4) is 0 Å². The predicted octanol–water partition coefficient (Wildman–Crippen LogP) is -0.113. The molecule has 5 nitrogen and oxygen atoms in total. The van der Waals surface area contributed by atoms with Crippen LogP contribution in [0.5, 0.6) is 0 Å². The Kier molecular flexibility index (Phi) is 2.73. The standard InChI is InChI=1S/C10H16N4O/c1-14-5-4-9(13-14)10(15)12-6-8(11)7-2-3-7/h4-5,7-8H,2-3,6,11H2,1H3,(H,12,15). The monoisotopic (exact) mass is 208 g/mol. The first-order chi connectivity index (χ1) is 7.16. The fraction of sp³-hybridized carbons (Fsp3) is 0.600. The van der Waals surface area contributed by atoms with Gasteiger partial charge in [-0.05, 0) is 24.8 Å². The van der Waals surface area contributed by atoms with Crippen molar-refractivity contribution in [2.24, 2.45) is 18.7 Å². The first-order valence-electron chi connectivity index (χ1n) is 5.20. The molecule has 5 heteroatoms. The van der Waals surface area contributed by atoms with E-state index in [-0.39, 0.29) is 11.9 Å². The van der Waals surface area contributed by atoms with Crippen molar-refractivity contribution < 1.29 is 4.79 Å². The van der Waals surface area contributed by atoms with Crippen LogP contribution in [0.2, 0.25) is 0 Å². The molecular formula is C10H16N4O. The fourth-order valence-corrected chi connectivity index (χ4v) is 1.53. The SMILES string of the molecule is Cn1ccc(C(=O)NCC(N)C2CC2)n1. The molecule has 0 bridgehead atoms. The molecule has 0 aromatic carbocycles. The predicted molar refractivity (Wildman–Crippen MR) is 56.2 cm³/mol. The van der Waals surface area contributed by atoms with Gasteiger partial charge in [0.25, 0.3) is 5.91 Å². The minimum absolute atomic E-state index is 0.0951. The molecule has 0 spiro atoms. The number of hydrogen-bond acceptors (Lipinski definition) is 3. The van der Waals surface area contributed by atoms with Gasteiger partial charge in [-0.1, -0.05) is 0 Å². The summed E-state index contributed by atoms with van der Waals surface area (Å²) in [6.45, 7) is 0.542. The Bertz CT molecular complexity index is 356. The Morgan fingerprint density at radius 2 is 2.53 bits per heavy atom. The molecule has 2 rings (SSSR count). The van der Waals surface area contributed by atoms with E-state index >= 15 is 0 Å². The molecule has 1 aromatic rings. The summed E-state index contributed by atoms with van der Waals surface area (Å²) in [6, 6.07) is 1.79. The van der Waals surface area contributed by atoms with E-state index in [1.807, 2.05) is 0 Å². The van der Waals surface area contributed by atoms with Crippen LogP contribution in [0.3, 0.4) is 0 Å². The second-order valence-electron chi connectivity index (χ2n) is 4.09. The lowest BCUT2D eigenvalue weighted by Crippen LogP contribution is -2.38. The van der Waals surface area contributed by atoms with Crippen LogP contribution >= 0.6 is 0 Å². The van der Waals surface area contributed by atoms with E-state index in [0.717, 1.165) is 0 Å². The maximum Gasteiger partial charge on any atom is 0.271 e. The summed E-state index contributed by atoms with van der Waals surface area (Å²) < 4.78 is 1.61. The number of nitrogens with two attached hydrogens (primary N) is 1. The first-order valence-corrected chi connectivity index (χ1v) is 5.20. The number of hydrogen-bond donors (Lipinski definition) is 2. The van der Waals surface area contributed by atoms with Crippen molar-refractivity contribution in [1.82, 2.24) is 15.1 Å². The summed E-state index contributed by atoms with van der Waals surface area (Å²) in [6.07, 6.45) is 4.14. The lowest BCUT2D eigenvalue weighted by molar-refractivity contribution is 0.0944. The van der Waals surface area contributed by atoms with Gasteiger partial charge in [-0.15, -0.1) is 0 Å². The van der Waals surface area contributed by atoms with Gasteiger partial charge in [-0.3, -0.25) is 9.48 Å². The van der Waals surface area contributed by atoms with Crippen LogP contribution in [-0.2, 0) is 7.05 Å². The molecule has 1 heterocycles. The number of amides is 1. The van der Waals surface area contributed by atoms with Crippen LogP contribution < -0.4 is 11.1 Å². The third-order valence-electron chi connectivity index (χ3n) is 2.67. The van der Waals surface area contributed by atoms with Crippen LogP contribution in [-0.4, -0.2) is 28.3 Å². The van der Waals surface area contributed by atoms with Crippen LogP contribution in [0.4, 0.5) is 0 Å². The van der Waals surface area contributed by atoms with Gasteiger partial charge in [0.2, 0.25) is 0 Å². The quantitative estimate of drug-likeness (QED) is 0.725. The van der Waals surface area contributed by atoms with E-state index < -0.39 is 0 Å². The third-order valence-corrected chi connectivity index (χ3v) is 2.67. The minimum Gasteiger partial charge on any atom is -0.349 e. The normalized spacial score (nSPS) is 17.5. The highest BCUT2D eigenvalue weighted by Crippen LogP contribution is 2.31. The van der Waals surface area contributed by atoms with E-state index in [1.165, 1.54) is 12.8 Å². The highest BCUT2D eigenvalue weighted by molar-refractivity contribution is 5.92. The molecule has 1 amide bonds. The second-order valence-corrected chi connectivity index (χ2v) is 4.09. The smallest absolute Gasteiger partial charge is 0.271 e.